The number of carbonyl (C=O) groups is 1. The number of thiophene rings is 1. The largest absolute Gasteiger partial charge is 0.441 e. The third kappa shape index (κ3) is 4.96. The van der Waals surface area contributed by atoms with E-state index in [0.717, 1.165) is 12.1 Å². The van der Waals surface area contributed by atoms with Crippen molar-refractivity contribution in [1.82, 2.24) is 15.6 Å². The molecule has 2 rings (SSSR count). The molecule has 0 saturated carbocycles. The van der Waals surface area contributed by atoms with Gasteiger partial charge in [-0.25, -0.2) is 4.98 Å². The predicted molar refractivity (Wildman–Crippen MR) is 89.0 cm³/mol. The number of hydrogen-bond donors (Lipinski definition) is 2. The monoisotopic (exact) mass is 321 g/mol. The SMILES string of the molecule is Cc1oc(-c2ccsc2)nc1CC(=O)NCCNC(C)(C)C. The van der Waals surface area contributed by atoms with Crippen LogP contribution in [0.2, 0.25) is 0 Å². The first-order chi connectivity index (χ1) is 10.3. The first-order valence-corrected chi connectivity index (χ1v) is 8.30. The Hall–Kier alpha value is -1.66. The fourth-order valence-electron chi connectivity index (χ4n) is 1.96. The van der Waals surface area contributed by atoms with Crippen molar-refractivity contribution in [1.29, 1.82) is 0 Å². The number of nitrogens with zero attached hydrogens (tertiary/aromatic N) is 1. The molecular weight excluding hydrogens is 298 g/mol. The molecule has 22 heavy (non-hydrogen) atoms. The molecule has 2 aromatic rings. The quantitative estimate of drug-likeness (QED) is 0.803. The van der Waals surface area contributed by atoms with Crippen molar-refractivity contribution in [3.8, 4) is 11.5 Å². The highest BCUT2D eigenvalue weighted by molar-refractivity contribution is 7.08. The Kier molecular flexibility index (Phi) is 5.37. The zero-order valence-corrected chi connectivity index (χ0v) is 14.3. The molecule has 5 nitrogen and oxygen atoms in total. The lowest BCUT2D eigenvalue weighted by atomic mass is 10.1. The van der Waals surface area contributed by atoms with Crippen LogP contribution in [0.1, 0.15) is 32.2 Å². The van der Waals surface area contributed by atoms with Gasteiger partial charge in [-0.1, -0.05) is 0 Å². The second-order valence-electron chi connectivity index (χ2n) is 6.24. The van der Waals surface area contributed by atoms with E-state index in [1.165, 1.54) is 0 Å². The summed E-state index contributed by atoms with van der Waals surface area (Å²) in [6.07, 6.45) is 0.245. The van der Waals surface area contributed by atoms with Gasteiger partial charge in [-0.3, -0.25) is 4.79 Å². The lowest BCUT2D eigenvalue weighted by molar-refractivity contribution is -0.120. The number of carbonyl (C=O) groups excluding carboxylic acids is 1. The minimum Gasteiger partial charge on any atom is -0.441 e. The van der Waals surface area contributed by atoms with Gasteiger partial charge in [-0.05, 0) is 39.1 Å². The number of nitrogens with one attached hydrogen (secondary N) is 2. The molecule has 6 heteroatoms. The summed E-state index contributed by atoms with van der Waals surface area (Å²) in [7, 11) is 0. The van der Waals surface area contributed by atoms with Gasteiger partial charge < -0.3 is 15.1 Å². The van der Waals surface area contributed by atoms with Gasteiger partial charge in [0.15, 0.2) is 0 Å². The Bertz CT molecular complexity index is 612. The van der Waals surface area contributed by atoms with Crippen LogP contribution in [-0.2, 0) is 11.2 Å². The summed E-state index contributed by atoms with van der Waals surface area (Å²) in [5.41, 5.74) is 1.71. The van der Waals surface area contributed by atoms with Crippen LogP contribution in [0.3, 0.4) is 0 Å². The van der Waals surface area contributed by atoms with E-state index in [2.05, 4.69) is 36.4 Å². The Morgan fingerprint density at radius 1 is 1.36 bits per heavy atom. The van der Waals surface area contributed by atoms with Gasteiger partial charge in [0, 0.05) is 29.6 Å². The summed E-state index contributed by atoms with van der Waals surface area (Å²) in [5, 5.41) is 10.2. The van der Waals surface area contributed by atoms with E-state index in [-0.39, 0.29) is 17.9 Å². The van der Waals surface area contributed by atoms with Crippen molar-refractivity contribution in [3.05, 3.63) is 28.3 Å². The molecule has 0 atom stereocenters. The van der Waals surface area contributed by atoms with E-state index < -0.39 is 0 Å². The zero-order valence-electron chi connectivity index (χ0n) is 13.5. The average molecular weight is 321 g/mol. The van der Waals surface area contributed by atoms with Crippen molar-refractivity contribution in [3.63, 3.8) is 0 Å². The first-order valence-electron chi connectivity index (χ1n) is 7.36. The molecule has 2 aromatic heterocycles. The summed E-state index contributed by atoms with van der Waals surface area (Å²) < 4.78 is 5.63. The van der Waals surface area contributed by atoms with Crippen molar-refractivity contribution >= 4 is 17.2 Å². The second-order valence-corrected chi connectivity index (χ2v) is 7.02. The van der Waals surface area contributed by atoms with Gasteiger partial charge in [0.25, 0.3) is 0 Å². The molecule has 0 spiro atoms. The molecule has 0 aromatic carbocycles. The highest BCUT2D eigenvalue weighted by Gasteiger charge is 2.15. The maximum atomic E-state index is 12.0. The third-order valence-electron chi connectivity index (χ3n) is 3.09. The highest BCUT2D eigenvalue weighted by atomic mass is 32.1. The highest BCUT2D eigenvalue weighted by Crippen LogP contribution is 2.23. The Morgan fingerprint density at radius 3 is 2.77 bits per heavy atom. The number of amides is 1. The molecule has 0 aliphatic carbocycles. The number of aromatic nitrogens is 1. The van der Waals surface area contributed by atoms with E-state index in [9.17, 15) is 4.79 Å². The van der Waals surface area contributed by atoms with Crippen LogP contribution in [0, 0.1) is 6.92 Å². The standard InChI is InChI=1S/C16H23N3O2S/c1-11-13(19-15(21-11)12-5-8-22-10-12)9-14(20)17-6-7-18-16(2,3)4/h5,8,10,18H,6-7,9H2,1-4H3,(H,17,20). The molecule has 0 aliphatic rings. The van der Waals surface area contributed by atoms with Gasteiger partial charge in [0.1, 0.15) is 5.76 Å². The molecule has 1 amide bonds. The number of oxazole rings is 1. The van der Waals surface area contributed by atoms with Crippen LogP contribution >= 0.6 is 11.3 Å². The van der Waals surface area contributed by atoms with Gasteiger partial charge in [-0.2, -0.15) is 11.3 Å². The Labute approximate surface area is 135 Å². The lowest BCUT2D eigenvalue weighted by Gasteiger charge is -2.20. The van der Waals surface area contributed by atoms with E-state index >= 15 is 0 Å². The molecule has 0 aliphatic heterocycles. The average Bonchev–Trinajstić information content (AvgIpc) is 3.04. The molecule has 0 bridgehead atoms. The fraction of sp³-hybridized carbons (Fsp3) is 0.500. The maximum Gasteiger partial charge on any atom is 0.227 e. The first kappa shape index (κ1) is 16.7. The summed E-state index contributed by atoms with van der Waals surface area (Å²) in [6.45, 7) is 9.48. The van der Waals surface area contributed by atoms with Gasteiger partial charge in [0.2, 0.25) is 11.8 Å². The smallest absolute Gasteiger partial charge is 0.227 e. The minimum atomic E-state index is -0.0380. The van der Waals surface area contributed by atoms with Crippen LogP contribution < -0.4 is 10.6 Å². The molecule has 0 unspecified atom stereocenters. The fourth-order valence-corrected chi connectivity index (χ4v) is 2.59. The molecule has 120 valence electrons. The topological polar surface area (TPSA) is 67.2 Å². The molecule has 2 N–H and O–H groups in total. The molecule has 0 radical (unpaired) electrons. The summed E-state index contributed by atoms with van der Waals surface area (Å²) in [5.74, 6) is 1.24. The van der Waals surface area contributed by atoms with Crippen molar-refractivity contribution < 1.29 is 9.21 Å². The van der Waals surface area contributed by atoms with Crippen molar-refractivity contribution in [2.75, 3.05) is 13.1 Å². The molecule has 0 fully saturated rings. The van der Waals surface area contributed by atoms with Crippen LogP contribution in [0.5, 0.6) is 0 Å². The summed E-state index contributed by atoms with van der Waals surface area (Å²) in [6, 6.07) is 1.96. The van der Waals surface area contributed by atoms with Crippen LogP contribution in [0.4, 0.5) is 0 Å². The Balaban J connectivity index is 1.84. The summed E-state index contributed by atoms with van der Waals surface area (Å²) in [4.78, 5) is 16.4. The zero-order chi connectivity index (χ0) is 16.2. The normalized spacial score (nSPS) is 11.6. The maximum absolute atomic E-state index is 12.0. The van der Waals surface area contributed by atoms with Crippen molar-refractivity contribution in [2.24, 2.45) is 0 Å². The second kappa shape index (κ2) is 7.07. The van der Waals surface area contributed by atoms with Crippen LogP contribution in [-0.4, -0.2) is 29.5 Å². The Morgan fingerprint density at radius 2 is 2.14 bits per heavy atom. The van der Waals surface area contributed by atoms with E-state index in [1.807, 2.05) is 23.8 Å². The third-order valence-corrected chi connectivity index (χ3v) is 3.77. The van der Waals surface area contributed by atoms with Crippen molar-refractivity contribution in [2.45, 2.75) is 39.7 Å². The number of rotatable bonds is 6. The minimum absolute atomic E-state index is 0.0380. The number of aryl methyl sites for hydroxylation is 1. The summed E-state index contributed by atoms with van der Waals surface area (Å²) >= 11 is 1.59. The van der Waals surface area contributed by atoms with Gasteiger partial charge >= 0.3 is 0 Å². The van der Waals surface area contributed by atoms with E-state index in [1.54, 1.807) is 11.3 Å². The molecule has 0 saturated heterocycles. The predicted octanol–water partition coefficient (Wildman–Crippen LogP) is 2.76. The molecular formula is C16H23N3O2S. The van der Waals surface area contributed by atoms with E-state index in [0.29, 0.717) is 23.9 Å². The van der Waals surface area contributed by atoms with E-state index in [4.69, 9.17) is 4.42 Å². The lowest BCUT2D eigenvalue weighted by Crippen LogP contribution is -2.41. The van der Waals surface area contributed by atoms with Gasteiger partial charge in [-0.15, -0.1) is 0 Å². The van der Waals surface area contributed by atoms with Crippen LogP contribution in [0.15, 0.2) is 21.2 Å². The molecule has 2 heterocycles. The van der Waals surface area contributed by atoms with Crippen LogP contribution in [0.25, 0.3) is 11.5 Å². The van der Waals surface area contributed by atoms with Gasteiger partial charge in [0.05, 0.1) is 12.1 Å². The number of hydrogen-bond acceptors (Lipinski definition) is 5.